The SMILES string of the molecule is N#Cc1ccc(CNC(=O)c2cccc(CN3CN=CN3)c2)cc1. The van der Waals surface area contributed by atoms with E-state index in [1.54, 1.807) is 24.5 Å². The van der Waals surface area contributed by atoms with Crippen LogP contribution in [0.2, 0.25) is 0 Å². The lowest BCUT2D eigenvalue weighted by atomic mass is 10.1. The van der Waals surface area contributed by atoms with Crippen LogP contribution < -0.4 is 10.7 Å². The van der Waals surface area contributed by atoms with Gasteiger partial charge in [0.2, 0.25) is 0 Å². The molecule has 1 amide bonds. The summed E-state index contributed by atoms with van der Waals surface area (Å²) >= 11 is 0. The summed E-state index contributed by atoms with van der Waals surface area (Å²) in [7, 11) is 0. The van der Waals surface area contributed by atoms with Crippen LogP contribution in [0.15, 0.2) is 53.5 Å². The van der Waals surface area contributed by atoms with Crippen molar-refractivity contribution >= 4 is 12.2 Å². The highest BCUT2D eigenvalue weighted by Crippen LogP contribution is 2.09. The van der Waals surface area contributed by atoms with Crippen LogP contribution in [0, 0.1) is 11.3 Å². The second kappa shape index (κ2) is 7.40. The van der Waals surface area contributed by atoms with Gasteiger partial charge in [-0.15, -0.1) is 0 Å². The zero-order valence-corrected chi connectivity index (χ0v) is 13.1. The fraction of sp³-hybridized carbons (Fsp3) is 0.167. The molecule has 6 nitrogen and oxygen atoms in total. The Morgan fingerprint density at radius 3 is 2.79 bits per heavy atom. The maximum atomic E-state index is 12.3. The number of rotatable bonds is 5. The number of carbonyl (C=O) groups is 1. The predicted molar refractivity (Wildman–Crippen MR) is 90.8 cm³/mol. The monoisotopic (exact) mass is 319 g/mol. The first-order valence-electron chi connectivity index (χ1n) is 7.60. The van der Waals surface area contributed by atoms with Crippen molar-refractivity contribution in [3.63, 3.8) is 0 Å². The molecule has 1 aliphatic rings. The Hall–Kier alpha value is -3.17. The number of carbonyl (C=O) groups excluding carboxylic acids is 1. The normalized spacial score (nSPS) is 13.3. The van der Waals surface area contributed by atoms with E-state index < -0.39 is 0 Å². The predicted octanol–water partition coefficient (Wildman–Crippen LogP) is 1.79. The lowest BCUT2D eigenvalue weighted by Crippen LogP contribution is -2.31. The minimum Gasteiger partial charge on any atom is -0.348 e. The maximum Gasteiger partial charge on any atom is 0.251 e. The smallest absolute Gasteiger partial charge is 0.251 e. The molecule has 1 aliphatic heterocycles. The van der Waals surface area contributed by atoms with Crippen LogP contribution in [-0.4, -0.2) is 23.9 Å². The van der Waals surface area contributed by atoms with Crippen LogP contribution >= 0.6 is 0 Å². The first-order valence-corrected chi connectivity index (χ1v) is 7.60. The summed E-state index contributed by atoms with van der Waals surface area (Å²) in [4.78, 5) is 16.4. The molecule has 0 spiro atoms. The summed E-state index contributed by atoms with van der Waals surface area (Å²) < 4.78 is 0. The van der Waals surface area contributed by atoms with Gasteiger partial charge in [-0.2, -0.15) is 10.3 Å². The van der Waals surface area contributed by atoms with Gasteiger partial charge in [0.25, 0.3) is 5.91 Å². The number of nitriles is 1. The van der Waals surface area contributed by atoms with Crippen LogP contribution in [0.5, 0.6) is 0 Å². The first-order chi connectivity index (χ1) is 11.7. The van der Waals surface area contributed by atoms with E-state index in [1.807, 2.05) is 35.3 Å². The fourth-order valence-corrected chi connectivity index (χ4v) is 2.41. The summed E-state index contributed by atoms with van der Waals surface area (Å²) in [5.41, 5.74) is 6.26. The third-order valence-corrected chi connectivity index (χ3v) is 3.68. The van der Waals surface area contributed by atoms with Crippen molar-refractivity contribution in [2.45, 2.75) is 13.1 Å². The standard InChI is InChI=1S/C18H17N5O/c19-9-14-4-6-15(7-5-14)10-21-18(24)17-3-1-2-16(8-17)11-23-13-20-12-22-23/h1-8,12H,10-11,13H2,(H,20,22)(H,21,24). The number of nitrogens with one attached hydrogen (secondary N) is 2. The van der Waals surface area contributed by atoms with Crippen molar-refractivity contribution < 1.29 is 4.79 Å². The van der Waals surface area contributed by atoms with Gasteiger partial charge >= 0.3 is 0 Å². The zero-order chi connectivity index (χ0) is 16.8. The largest absolute Gasteiger partial charge is 0.348 e. The minimum atomic E-state index is -0.119. The van der Waals surface area contributed by atoms with E-state index in [2.05, 4.69) is 21.8 Å². The van der Waals surface area contributed by atoms with Crippen LogP contribution in [0.4, 0.5) is 0 Å². The molecule has 0 unspecified atom stereocenters. The molecule has 0 bridgehead atoms. The van der Waals surface area contributed by atoms with Gasteiger partial charge in [-0.25, -0.2) is 0 Å². The Bertz CT molecular complexity index is 784. The molecule has 2 N–H and O–H groups in total. The lowest BCUT2D eigenvalue weighted by molar-refractivity contribution is 0.0950. The Labute approximate surface area is 140 Å². The molecule has 0 fully saturated rings. The highest BCUT2D eigenvalue weighted by Gasteiger charge is 2.10. The number of amides is 1. The van der Waals surface area contributed by atoms with Crippen molar-refractivity contribution in [3.8, 4) is 6.07 Å². The Morgan fingerprint density at radius 1 is 1.25 bits per heavy atom. The second-order valence-corrected chi connectivity index (χ2v) is 5.47. The Morgan fingerprint density at radius 2 is 2.08 bits per heavy atom. The highest BCUT2D eigenvalue weighted by atomic mass is 16.1. The van der Waals surface area contributed by atoms with Crippen molar-refractivity contribution in [3.05, 3.63) is 70.8 Å². The van der Waals surface area contributed by atoms with Gasteiger partial charge in [0.15, 0.2) is 0 Å². The summed E-state index contributed by atoms with van der Waals surface area (Å²) in [6.07, 6.45) is 1.66. The average molecular weight is 319 g/mol. The fourth-order valence-electron chi connectivity index (χ4n) is 2.41. The summed E-state index contributed by atoms with van der Waals surface area (Å²) in [5, 5.41) is 13.6. The average Bonchev–Trinajstić information content (AvgIpc) is 3.13. The van der Waals surface area contributed by atoms with Gasteiger partial charge in [-0.3, -0.25) is 9.79 Å². The maximum absolute atomic E-state index is 12.3. The number of hydrogen-bond donors (Lipinski definition) is 2. The van der Waals surface area contributed by atoms with Gasteiger partial charge in [-0.1, -0.05) is 24.3 Å². The molecule has 2 aromatic carbocycles. The Kier molecular flexibility index (Phi) is 4.84. The molecule has 24 heavy (non-hydrogen) atoms. The summed E-state index contributed by atoms with van der Waals surface area (Å²) in [6.45, 7) is 1.71. The summed E-state index contributed by atoms with van der Waals surface area (Å²) in [6, 6.07) is 16.8. The summed E-state index contributed by atoms with van der Waals surface area (Å²) in [5.74, 6) is -0.119. The van der Waals surface area contributed by atoms with Crippen LogP contribution in [0.25, 0.3) is 0 Å². The van der Waals surface area contributed by atoms with E-state index in [0.29, 0.717) is 30.9 Å². The molecule has 0 aliphatic carbocycles. The van der Waals surface area contributed by atoms with Crippen LogP contribution in [0.3, 0.4) is 0 Å². The van der Waals surface area contributed by atoms with Gasteiger partial charge in [-0.05, 0) is 35.4 Å². The molecule has 3 rings (SSSR count). The van der Waals surface area contributed by atoms with Crippen molar-refractivity contribution in [1.29, 1.82) is 5.26 Å². The lowest BCUT2D eigenvalue weighted by Gasteiger charge is -2.14. The molecule has 0 saturated heterocycles. The van der Waals surface area contributed by atoms with Crippen molar-refractivity contribution in [1.82, 2.24) is 15.8 Å². The highest BCUT2D eigenvalue weighted by molar-refractivity contribution is 5.94. The van der Waals surface area contributed by atoms with E-state index in [1.165, 1.54) is 0 Å². The van der Waals surface area contributed by atoms with Crippen LogP contribution in [-0.2, 0) is 13.1 Å². The first kappa shape index (κ1) is 15.7. The zero-order valence-electron chi connectivity index (χ0n) is 13.1. The van der Waals surface area contributed by atoms with Gasteiger partial charge in [0.1, 0.15) is 6.67 Å². The molecule has 0 radical (unpaired) electrons. The topological polar surface area (TPSA) is 80.5 Å². The van der Waals surface area contributed by atoms with Gasteiger partial charge in [0.05, 0.1) is 18.0 Å². The minimum absolute atomic E-state index is 0.119. The van der Waals surface area contributed by atoms with Crippen molar-refractivity contribution in [2.24, 2.45) is 4.99 Å². The number of benzene rings is 2. The third-order valence-electron chi connectivity index (χ3n) is 3.68. The molecule has 2 aromatic rings. The van der Waals surface area contributed by atoms with Gasteiger partial charge in [0, 0.05) is 18.7 Å². The molecule has 1 heterocycles. The van der Waals surface area contributed by atoms with Gasteiger partial charge < -0.3 is 10.7 Å². The van der Waals surface area contributed by atoms with E-state index >= 15 is 0 Å². The number of aliphatic imine (C=N–C) groups is 1. The molecular formula is C18H17N5O. The quantitative estimate of drug-likeness (QED) is 0.880. The molecule has 6 heteroatoms. The second-order valence-electron chi connectivity index (χ2n) is 5.47. The molecule has 0 atom stereocenters. The molecule has 0 aromatic heterocycles. The molecule has 0 saturated carbocycles. The van der Waals surface area contributed by atoms with E-state index in [0.717, 1.165) is 11.1 Å². The third kappa shape index (κ3) is 3.97. The Balaban J connectivity index is 1.58. The van der Waals surface area contributed by atoms with Crippen molar-refractivity contribution in [2.75, 3.05) is 6.67 Å². The molecule has 120 valence electrons. The van der Waals surface area contributed by atoms with E-state index in [4.69, 9.17) is 5.26 Å². The number of hydrazine groups is 1. The van der Waals surface area contributed by atoms with E-state index in [-0.39, 0.29) is 5.91 Å². The molecular weight excluding hydrogens is 302 g/mol. The number of hydrogen-bond acceptors (Lipinski definition) is 5. The number of nitrogens with zero attached hydrogens (tertiary/aromatic N) is 3. The van der Waals surface area contributed by atoms with E-state index in [9.17, 15) is 4.79 Å². The van der Waals surface area contributed by atoms with Crippen LogP contribution in [0.1, 0.15) is 27.0 Å².